The van der Waals surface area contributed by atoms with Crippen molar-refractivity contribution < 1.29 is 14.0 Å². The largest absolute Gasteiger partial charge is 0.465 e. The summed E-state index contributed by atoms with van der Waals surface area (Å²) in [7, 11) is 0. The lowest BCUT2D eigenvalue weighted by Crippen LogP contribution is -2.31. The van der Waals surface area contributed by atoms with E-state index in [0.29, 0.717) is 28.4 Å². The quantitative estimate of drug-likeness (QED) is 0.650. The van der Waals surface area contributed by atoms with E-state index in [2.05, 4.69) is 16.7 Å². The van der Waals surface area contributed by atoms with Crippen LogP contribution in [-0.4, -0.2) is 17.4 Å². The topological polar surface area (TPSA) is 95.1 Å². The van der Waals surface area contributed by atoms with Crippen LogP contribution in [0.5, 0.6) is 0 Å². The highest BCUT2D eigenvalue weighted by atomic mass is 32.2. The predicted octanol–water partition coefficient (Wildman–Crippen LogP) is 4.95. The number of para-hydroxylation sites is 1. The van der Waals surface area contributed by atoms with Gasteiger partial charge in [0.1, 0.15) is 11.5 Å². The molecule has 0 spiro atoms. The molecular formula is C25H25N3O3S. The van der Waals surface area contributed by atoms with Gasteiger partial charge in [0.15, 0.2) is 5.78 Å². The molecule has 2 N–H and O–H groups in total. The minimum atomic E-state index is -0.538. The second-order valence-electron chi connectivity index (χ2n) is 7.88. The van der Waals surface area contributed by atoms with Crippen LogP contribution < -0.4 is 10.6 Å². The van der Waals surface area contributed by atoms with Crippen molar-refractivity contribution >= 4 is 29.1 Å². The van der Waals surface area contributed by atoms with Crippen LogP contribution in [0.3, 0.4) is 0 Å². The van der Waals surface area contributed by atoms with Gasteiger partial charge in [0.05, 0.1) is 28.3 Å². The number of rotatable bonds is 6. The van der Waals surface area contributed by atoms with Crippen LogP contribution in [0.25, 0.3) is 0 Å². The van der Waals surface area contributed by atoms with E-state index in [-0.39, 0.29) is 17.4 Å². The van der Waals surface area contributed by atoms with Gasteiger partial charge in [-0.2, -0.15) is 5.26 Å². The molecule has 0 fully saturated rings. The normalized spacial score (nSPS) is 18.2. The SMILES string of the molecule is CCc1ccccc1NC(=O)CSC1=C(C#N)[C@H](c2ccc(C)o2)C2=C(CCCC2=O)N1. The summed E-state index contributed by atoms with van der Waals surface area (Å²) in [6.45, 7) is 3.88. The number of Topliss-reactive ketones (excluding diaryl/α,β-unsaturated/α-hetero) is 1. The first kappa shape index (κ1) is 22.0. The fourth-order valence-corrected chi connectivity index (χ4v) is 5.07. The van der Waals surface area contributed by atoms with Gasteiger partial charge in [-0.15, -0.1) is 0 Å². The predicted molar refractivity (Wildman–Crippen MR) is 125 cm³/mol. The van der Waals surface area contributed by atoms with Gasteiger partial charge in [-0.1, -0.05) is 36.9 Å². The fraction of sp³-hybridized carbons (Fsp3) is 0.320. The number of furan rings is 1. The molecule has 1 aromatic carbocycles. The summed E-state index contributed by atoms with van der Waals surface area (Å²) in [5.41, 5.74) is 3.74. The van der Waals surface area contributed by atoms with Crippen LogP contribution in [0.15, 0.2) is 62.7 Å². The summed E-state index contributed by atoms with van der Waals surface area (Å²) in [5, 5.41) is 16.9. The number of aryl methyl sites for hydroxylation is 2. The lowest BCUT2D eigenvalue weighted by Gasteiger charge is -2.32. The van der Waals surface area contributed by atoms with Gasteiger partial charge in [0.2, 0.25) is 5.91 Å². The van der Waals surface area contributed by atoms with Crippen LogP contribution in [0.4, 0.5) is 5.69 Å². The smallest absolute Gasteiger partial charge is 0.234 e. The van der Waals surface area contributed by atoms with Crippen LogP contribution in [0.1, 0.15) is 49.2 Å². The number of benzene rings is 1. The number of ketones is 1. The molecule has 32 heavy (non-hydrogen) atoms. The molecule has 2 aromatic rings. The Morgan fingerprint density at radius 2 is 2.09 bits per heavy atom. The van der Waals surface area contributed by atoms with Crippen LogP contribution in [0.2, 0.25) is 0 Å². The Kier molecular flexibility index (Phi) is 6.52. The maximum Gasteiger partial charge on any atom is 0.234 e. The number of thioether (sulfide) groups is 1. The van der Waals surface area contributed by atoms with Crippen LogP contribution in [-0.2, 0) is 16.0 Å². The molecule has 7 heteroatoms. The Balaban J connectivity index is 1.59. The molecule has 0 saturated carbocycles. The van der Waals surface area contributed by atoms with Gasteiger partial charge in [-0.05, 0) is 49.9 Å². The molecule has 1 atom stereocenters. The lowest BCUT2D eigenvalue weighted by molar-refractivity contribution is -0.116. The van der Waals surface area contributed by atoms with Gasteiger partial charge in [-0.3, -0.25) is 9.59 Å². The minimum absolute atomic E-state index is 0.0449. The van der Waals surface area contributed by atoms with Gasteiger partial charge in [0, 0.05) is 23.4 Å². The fourth-order valence-electron chi connectivity index (χ4n) is 4.21. The van der Waals surface area contributed by atoms with Crippen molar-refractivity contribution in [3.8, 4) is 6.07 Å². The monoisotopic (exact) mass is 447 g/mol. The van der Waals surface area contributed by atoms with Gasteiger partial charge in [-0.25, -0.2) is 0 Å². The van der Waals surface area contributed by atoms with E-state index in [1.165, 1.54) is 11.8 Å². The molecular weight excluding hydrogens is 422 g/mol. The number of dihydropyridines is 1. The average Bonchev–Trinajstić information content (AvgIpc) is 3.23. The Morgan fingerprint density at radius 3 is 2.81 bits per heavy atom. The van der Waals surface area contributed by atoms with Crippen molar-refractivity contribution in [3.63, 3.8) is 0 Å². The first-order valence-electron chi connectivity index (χ1n) is 10.8. The summed E-state index contributed by atoms with van der Waals surface area (Å²) in [6.07, 6.45) is 2.79. The molecule has 0 saturated heterocycles. The van der Waals surface area contributed by atoms with Crippen molar-refractivity contribution in [2.75, 3.05) is 11.1 Å². The number of nitrogens with one attached hydrogen (secondary N) is 2. The lowest BCUT2D eigenvalue weighted by atomic mass is 9.79. The number of carbonyl (C=O) groups excluding carboxylic acids is 2. The van der Waals surface area contributed by atoms with Crippen molar-refractivity contribution in [2.24, 2.45) is 0 Å². The molecule has 4 rings (SSSR count). The second kappa shape index (κ2) is 9.49. The maximum absolute atomic E-state index is 12.8. The number of nitriles is 1. The van der Waals surface area contributed by atoms with E-state index in [1.54, 1.807) is 0 Å². The molecule has 1 amide bonds. The molecule has 6 nitrogen and oxygen atoms in total. The first-order chi connectivity index (χ1) is 15.5. The summed E-state index contributed by atoms with van der Waals surface area (Å²) >= 11 is 1.28. The van der Waals surface area contributed by atoms with E-state index in [4.69, 9.17) is 4.42 Å². The maximum atomic E-state index is 12.8. The minimum Gasteiger partial charge on any atom is -0.465 e. The molecule has 1 aliphatic heterocycles. The Morgan fingerprint density at radius 1 is 1.28 bits per heavy atom. The Labute approximate surface area is 191 Å². The Bertz CT molecular complexity index is 1170. The highest BCUT2D eigenvalue weighted by molar-refractivity contribution is 8.03. The van der Waals surface area contributed by atoms with Crippen molar-refractivity contribution in [3.05, 3.63) is 75.4 Å². The standard InChI is InChI=1S/C25H25N3O3S/c1-3-16-7-4-5-8-18(16)27-22(30)14-32-25-17(13-26)23(21-12-11-15(2)31-21)24-19(28-25)9-6-10-20(24)29/h4-5,7-8,11-12,23,28H,3,6,9-10,14H2,1-2H3,(H,27,30)/t23-/m1/s1. The van der Waals surface area contributed by atoms with Gasteiger partial charge >= 0.3 is 0 Å². The number of nitrogens with zero attached hydrogens (tertiary/aromatic N) is 1. The molecule has 0 radical (unpaired) electrons. The summed E-state index contributed by atoms with van der Waals surface area (Å²) < 4.78 is 5.84. The highest BCUT2D eigenvalue weighted by Crippen LogP contribution is 2.44. The number of hydrogen-bond donors (Lipinski definition) is 2. The molecule has 1 aliphatic carbocycles. The molecule has 1 aromatic heterocycles. The summed E-state index contributed by atoms with van der Waals surface area (Å²) in [5.74, 6) is 0.818. The highest BCUT2D eigenvalue weighted by Gasteiger charge is 2.38. The molecule has 0 bridgehead atoms. The zero-order valence-corrected chi connectivity index (χ0v) is 19.0. The number of carbonyl (C=O) groups is 2. The first-order valence-corrected chi connectivity index (χ1v) is 11.7. The van der Waals surface area contributed by atoms with Crippen molar-refractivity contribution in [2.45, 2.75) is 45.4 Å². The molecule has 2 aliphatic rings. The van der Waals surface area contributed by atoms with E-state index >= 15 is 0 Å². The summed E-state index contributed by atoms with van der Waals surface area (Å²) in [4.78, 5) is 25.4. The zero-order valence-electron chi connectivity index (χ0n) is 18.2. The van der Waals surface area contributed by atoms with Gasteiger partial charge < -0.3 is 15.1 Å². The third-order valence-electron chi connectivity index (χ3n) is 5.73. The number of allylic oxidation sites excluding steroid dienone is 3. The van der Waals surface area contributed by atoms with Crippen molar-refractivity contribution in [1.29, 1.82) is 5.26 Å². The number of amides is 1. The molecule has 0 unspecified atom stereocenters. The van der Waals surface area contributed by atoms with Crippen LogP contribution in [0, 0.1) is 18.3 Å². The third kappa shape index (κ3) is 4.37. The van der Waals surface area contributed by atoms with Crippen LogP contribution >= 0.6 is 11.8 Å². The van der Waals surface area contributed by atoms with E-state index < -0.39 is 5.92 Å². The van der Waals surface area contributed by atoms with E-state index in [0.717, 1.165) is 42.0 Å². The molecule has 2 heterocycles. The van der Waals surface area contributed by atoms with Crippen molar-refractivity contribution in [1.82, 2.24) is 5.32 Å². The van der Waals surface area contributed by atoms with Gasteiger partial charge in [0.25, 0.3) is 0 Å². The average molecular weight is 448 g/mol. The van der Waals surface area contributed by atoms with E-state index in [1.807, 2.05) is 50.2 Å². The third-order valence-corrected chi connectivity index (χ3v) is 6.75. The zero-order chi connectivity index (χ0) is 22.7. The number of anilines is 1. The van der Waals surface area contributed by atoms with E-state index in [9.17, 15) is 14.9 Å². The molecule has 164 valence electrons. The summed E-state index contributed by atoms with van der Waals surface area (Å²) in [6, 6.07) is 13.7. The Hall–Kier alpha value is -3.24. The number of hydrogen-bond acceptors (Lipinski definition) is 6. The second-order valence-corrected chi connectivity index (χ2v) is 8.86.